The zero-order valence-corrected chi connectivity index (χ0v) is 9.48. The maximum absolute atomic E-state index is 11.8. The number of fused-ring (bicyclic) bond motifs is 1. The van der Waals surface area contributed by atoms with Crippen molar-refractivity contribution in [3.05, 3.63) is 0 Å². The minimum Gasteiger partial charge on any atom is -0.480 e. The maximum Gasteiger partial charge on any atom is 0.326 e. The highest BCUT2D eigenvalue weighted by molar-refractivity contribution is 5.85. The first kappa shape index (κ1) is 11.4. The molecule has 90 valence electrons. The molecule has 2 rings (SSSR count). The Hall–Kier alpha value is -1.10. The van der Waals surface area contributed by atoms with Crippen LogP contribution in [0, 0.1) is 11.8 Å². The van der Waals surface area contributed by atoms with Gasteiger partial charge in [-0.2, -0.15) is 0 Å². The molecule has 0 aromatic rings. The normalized spacial score (nSPS) is 32.8. The van der Waals surface area contributed by atoms with Crippen LogP contribution in [0.1, 0.15) is 19.3 Å². The summed E-state index contributed by atoms with van der Waals surface area (Å²) in [6, 6.07) is -0.589. The molecule has 1 heterocycles. The predicted molar refractivity (Wildman–Crippen MR) is 57.9 cm³/mol. The van der Waals surface area contributed by atoms with Gasteiger partial charge in [0.05, 0.1) is 6.54 Å². The molecular formula is C11H18N2O3. The molecule has 2 fully saturated rings. The molecule has 2 aliphatic rings. The van der Waals surface area contributed by atoms with E-state index in [0.717, 1.165) is 19.3 Å². The van der Waals surface area contributed by atoms with Gasteiger partial charge in [-0.1, -0.05) is 6.42 Å². The van der Waals surface area contributed by atoms with Gasteiger partial charge < -0.3 is 15.3 Å². The molecular weight excluding hydrogens is 208 g/mol. The summed E-state index contributed by atoms with van der Waals surface area (Å²) < 4.78 is 0. The third-order valence-corrected chi connectivity index (χ3v) is 3.79. The number of carboxylic acids is 1. The number of carboxylic acid groups (broad SMARTS) is 1. The van der Waals surface area contributed by atoms with E-state index >= 15 is 0 Å². The lowest BCUT2D eigenvalue weighted by Gasteiger charge is -2.24. The first-order chi connectivity index (χ1) is 7.65. The van der Waals surface area contributed by atoms with Crippen LogP contribution in [0.15, 0.2) is 0 Å². The van der Waals surface area contributed by atoms with Crippen molar-refractivity contribution < 1.29 is 14.7 Å². The van der Waals surface area contributed by atoms with Gasteiger partial charge in [-0.25, -0.2) is 4.79 Å². The molecule has 1 aliphatic heterocycles. The molecule has 3 unspecified atom stereocenters. The Morgan fingerprint density at radius 1 is 1.44 bits per heavy atom. The summed E-state index contributed by atoms with van der Waals surface area (Å²) in [5.74, 6) is -0.358. The number of carbonyl (C=O) groups is 2. The summed E-state index contributed by atoms with van der Waals surface area (Å²) in [4.78, 5) is 24.6. The Morgan fingerprint density at radius 2 is 2.19 bits per heavy atom. The zero-order valence-electron chi connectivity index (χ0n) is 9.48. The molecule has 2 N–H and O–H groups in total. The van der Waals surface area contributed by atoms with Crippen molar-refractivity contribution in [1.82, 2.24) is 10.2 Å². The molecule has 16 heavy (non-hydrogen) atoms. The van der Waals surface area contributed by atoms with Crippen LogP contribution in [-0.4, -0.2) is 48.1 Å². The molecule has 1 amide bonds. The van der Waals surface area contributed by atoms with Crippen LogP contribution in [0.2, 0.25) is 0 Å². The maximum atomic E-state index is 11.8. The number of nitrogens with one attached hydrogen (secondary N) is 1. The van der Waals surface area contributed by atoms with Crippen LogP contribution in [0.3, 0.4) is 0 Å². The molecule has 1 saturated heterocycles. The van der Waals surface area contributed by atoms with E-state index in [2.05, 4.69) is 5.32 Å². The largest absolute Gasteiger partial charge is 0.480 e. The van der Waals surface area contributed by atoms with E-state index in [9.17, 15) is 14.7 Å². The number of likely N-dealkylation sites (tertiary alicyclic amines) is 1. The molecule has 1 saturated carbocycles. The van der Waals surface area contributed by atoms with Crippen molar-refractivity contribution >= 4 is 11.9 Å². The smallest absolute Gasteiger partial charge is 0.326 e. The van der Waals surface area contributed by atoms with Gasteiger partial charge >= 0.3 is 5.97 Å². The standard InChI is InChI=1S/C11H18N2O3/c1-12-5-9(14)13-6-7-3-2-4-8(7)10(13)11(15)16/h7-8,10,12H,2-6H2,1H3,(H,15,16). The highest BCUT2D eigenvalue weighted by Crippen LogP contribution is 2.42. The Labute approximate surface area is 94.8 Å². The Morgan fingerprint density at radius 3 is 2.81 bits per heavy atom. The lowest BCUT2D eigenvalue weighted by molar-refractivity contribution is -0.149. The molecule has 5 nitrogen and oxygen atoms in total. The van der Waals surface area contributed by atoms with Gasteiger partial charge in [0.15, 0.2) is 0 Å². The van der Waals surface area contributed by atoms with E-state index in [1.54, 1.807) is 11.9 Å². The number of amides is 1. The second kappa shape index (κ2) is 4.41. The van der Waals surface area contributed by atoms with Crippen molar-refractivity contribution in [1.29, 1.82) is 0 Å². The Bertz CT molecular complexity index is 306. The average molecular weight is 226 g/mol. The van der Waals surface area contributed by atoms with Gasteiger partial charge in [0.25, 0.3) is 0 Å². The molecule has 0 radical (unpaired) electrons. The average Bonchev–Trinajstić information content (AvgIpc) is 2.74. The minimum atomic E-state index is -0.848. The summed E-state index contributed by atoms with van der Waals surface area (Å²) >= 11 is 0. The monoisotopic (exact) mass is 226 g/mol. The van der Waals surface area contributed by atoms with Crippen LogP contribution >= 0.6 is 0 Å². The fourth-order valence-electron chi connectivity index (χ4n) is 3.13. The number of rotatable bonds is 3. The van der Waals surface area contributed by atoms with E-state index in [4.69, 9.17) is 0 Å². The van der Waals surface area contributed by atoms with Crippen LogP contribution < -0.4 is 5.32 Å². The zero-order chi connectivity index (χ0) is 11.7. The fraction of sp³-hybridized carbons (Fsp3) is 0.818. The third kappa shape index (κ3) is 1.80. The molecule has 5 heteroatoms. The number of aliphatic carboxylic acids is 1. The molecule has 3 atom stereocenters. The SMILES string of the molecule is CNCC(=O)N1CC2CCCC2C1C(=O)O. The van der Waals surface area contributed by atoms with Gasteiger partial charge in [-0.05, 0) is 31.7 Å². The van der Waals surface area contributed by atoms with E-state index in [1.807, 2.05) is 0 Å². The van der Waals surface area contributed by atoms with Gasteiger partial charge in [0, 0.05) is 6.54 Å². The number of hydrogen-bond donors (Lipinski definition) is 2. The highest BCUT2D eigenvalue weighted by atomic mass is 16.4. The lowest BCUT2D eigenvalue weighted by Crippen LogP contribution is -2.46. The number of carbonyl (C=O) groups excluding carboxylic acids is 1. The predicted octanol–water partition coefficient (Wildman–Crippen LogP) is -0.0825. The van der Waals surface area contributed by atoms with E-state index in [1.165, 1.54) is 0 Å². The first-order valence-electron chi connectivity index (χ1n) is 5.82. The van der Waals surface area contributed by atoms with Crippen LogP contribution in [0.4, 0.5) is 0 Å². The summed E-state index contributed by atoms with van der Waals surface area (Å²) in [5.41, 5.74) is 0. The van der Waals surface area contributed by atoms with Crippen molar-refractivity contribution in [2.24, 2.45) is 11.8 Å². The second-order valence-corrected chi connectivity index (χ2v) is 4.71. The van der Waals surface area contributed by atoms with Crippen molar-refractivity contribution in [3.63, 3.8) is 0 Å². The summed E-state index contributed by atoms with van der Waals surface area (Å²) in [6.45, 7) is 0.853. The fourth-order valence-corrected chi connectivity index (χ4v) is 3.13. The number of likely N-dealkylation sites (N-methyl/N-ethyl adjacent to an activating group) is 1. The van der Waals surface area contributed by atoms with Crippen LogP contribution in [0.5, 0.6) is 0 Å². The van der Waals surface area contributed by atoms with Crippen molar-refractivity contribution in [2.45, 2.75) is 25.3 Å². The summed E-state index contributed by atoms with van der Waals surface area (Å²) in [5, 5.41) is 12.0. The van der Waals surface area contributed by atoms with E-state index < -0.39 is 12.0 Å². The Balaban J connectivity index is 2.13. The third-order valence-electron chi connectivity index (χ3n) is 3.79. The molecule has 0 bridgehead atoms. The van der Waals surface area contributed by atoms with Gasteiger partial charge in [0.2, 0.25) is 5.91 Å². The summed E-state index contributed by atoms with van der Waals surface area (Å²) in [7, 11) is 1.70. The Kier molecular flexibility index (Phi) is 3.14. The van der Waals surface area contributed by atoms with E-state index in [0.29, 0.717) is 12.5 Å². The number of nitrogens with zero attached hydrogens (tertiary/aromatic N) is 1. The van der Waals surface area contributed by atoms with Crippen LogP contribution in [0.25, 0.3) is 0 Å². The first-order valence-corrected chi connectivity index (χ1v) is 5.82. The van der Waals surface area contributed by atoms with Crippen molar-refractivity contribution in [3.8, 4) is 0 Å². The number of hydrogen-bond acceptors (Lipinski definition) is 3. The van der Waals surface area contributed by atoms with Gasteiger partial charge in [0.1, 0.15) is 6.04 Å². The lowest BCUT2D eigenvalue weighted by atomic mass is 9.94. The molecule has 0 spiro atoms. The summed E-state index contributed by atoms with van der Waals surface area (Å²) in [6.07, 6.45) is 3.12. The minimum absolute atomic E-state index is 0.0932. The topological polar surface area (TPSA) is 69.6 Å². The quantitative estimate of drug-likeness (QED) is 0.706. The van der Waals surface area contributed by atoms with Gasteiger partial charge in [-0.15, -0.1) is 0 Å². The second-order valence-electron chi connectivity index (χ2n) is 4.71. The van der Waals surface area contributed by atoms with Crippen LogP contribution in [-0.2, 0) is 9.59 Å². The molecule has 1 aliphatic carbocycles. The van der Waals surface area contributed by atoms with Crippen molar-refractivity contribution in [2.75, 3.05) is 20.1 Å². The van der Waals surface area contributed by atoms with Gasteiger partial charge in [-0.3, -0.25) is 4.79 Å². The van der Waals surface area contributed by atoms with E-state index in [-0.39, 0.29) is 18.4 Å². The highest BCUT2D eigenvalue weighted by Gasteiger charge is 2.49. The molecule has 0 aromatic carbocycles. The molecule has 0 aromatic heterocycles.